The predicted molar refractivity (Wildman–Crippen MR) is 109 cm³/mol. The van der Waals surface area contributed by atoms with Gasteiger partial charge in [-0.2, -0.15) is 5.26 Å². The molecule has 0 radical (unpaired) electrons. The first-order chi connectivity index (χ1) is 13.0. The van der Waals surface area contributed by atoms with E-state index in [1.807, 2.05) is 55.4 Å². The van der Waals surface area contributed by atoms with Crippen LogP contribution in [0.2, 0.25) is 5.02 Å². The number of nitrogens with one attached hydrogen (secondary N) is 1. The molecule has 0 aliphatic rings. The van der Waals surface area contributed by atoms with Crippen molar-refractivity contribution in [2.24, 2.45) is 0 Å². The average molecular weight is 385 g/mol. The summed E-state index contributed by atoms with van der Waals surface area (Å²) in [5.74, 6) is 0. The SMILES string of the molecule is CN(C)CCN(Cc1ccc(C#N)cc1)C(=O)NCCc1ccc(Cl)cc1. The van der Waals surface area contributed by atoms with Gasteiger partial charge in [-0.1, -0.05) is 35.9 Å². The van der Waals surface area contributed by atoms with Crippen LogP contribution in [0.25, 0.3) is 0 Å². The monoisotopic (exact) mass is 384 g/mol. The van der Waals surface area contributed by atoms with Gasteiger partial charge < -0.3 is 15.1 Å². The lowest BCUT2D eigenvalue weighted by Crippen LogP contribution is -2.43. The Balaban J connectivity index is 1.93. The Morgan fingerprint density at radius 3 is 2.26 bits per heavy atom. The molecule has 0 aliphatic carbocycles. The van der Waals surface area contributed by atoms with E-state index < -0.39 is 0 Å². The molecule has 5 nitrogen and oxygen atoms in total. The number of hydrogen-bond donors (Lipinski definition) is 1. The quantitative estimate of drug-likeness (QED) is 0.757. The van der Waals surface area contributed by atoms with Crippen LogP contribution in [0.15, 0.2) is 48.5 Å². The Labute approximate surface area is 166 Å². The summed E-state index contributed by atoms with van der Waals surface area (Å²) in [6, 6.07) is 17.0. The number of carbonyl (C=O) groups is 1. The molecule has 0 spiro atoms. The summed E-state index contributed by atoms with van der Waals surface area (Å²) in [4.78, 5) is 16.5. The number of likely N-dealkylation sites (N-methyl/N-ethyl adjacent to an activating group) is 1. The fraction of sp³-hybridized carbons (Fsp3) is 0.333. The molecule has 0 fully saturated rings. The molecule has 0 saturated carbocycles. The van der Waals surface area contributed by atoms with E-state index in [2.05, 4.69) is 11.4 Å². The van der Waals surface area contributed by atoms with E-state index in [0.29, 0.717) is 30.2 Å². The van der Waals surface area contributed by atoms with E-state index in [4.69, 9.17) is 16.9 Å². The average Bonchev–Trinajstić information content (AvgIpc) is 2.67. The topological polar surface area (TPSA) is 59.4 Å². The van der Waals surface area contributed by atoms with Crippen LogP contribution in [-0.4, -0.2) is 49.6 Å². The fourth-order valence-corrected chi connectivity index (χ4v) is 2.68. The molecule has 0 atom stereocenters. The fourth-order valence-electron chi connectivity index (χ4n) is 2.55. The molecule has 2 aromatic carbocycles. The highest BCUT2D eigenvalue weighted by molar-refractivity contribution is 6.30. The summed E-state index contributed by atoms with van der Waals surface area (Å²) in [5, 5.41) is 12.6. The standard InChI is InChI=1S/C21H25ClN4O/c1-25(2)13-14-26(16-19-5-3-18(15-23)4-6-19)21(27)24-12-11-17-7-9-20(22)10-8-17/h3-10H,11-14,16H2,1-2H3,(H,24,27). The van der Waals surface area contributed by atoms with Crippen LogP contribution in [-0.2, 0) is 13.0 Å². The van der Waals surface area contributed by atoms with Crippen LogP contribution in [0, 0.1) is 11.3 Å². The van der Waals surface area contributed by atoms with E-state index in [-0.39, 0.29) is 6.03 Å². The Hall–Kier alpha value is -2.55. The van der Waals surface area contributed by atoms with E-state index in [9.17, 15) is 4.79 Å². The summed E-state index contributed by atoms with van der Waals surface area (Å²) in [5.41, 5.74) is 2.75. The van der Waals surface area contributed by atoms with Gasteiger partial charge in [0.2, 0.25) is 0 Å². The lowest BCUT2D eigenvalue weighted by atomic mass is 10.1. The summed E-state index contributed by atoms with van der Waals surface area (Å²) in [6.07, 6.45) is 0.751. The van der Waals surface area contributed by atoms with Crippen LogP contribution >= 0.6 is 11.6 Å². The van der Waals surface area contributed by atoms with E-state index in [0.717, 1.165) is 24.1 Å². The minimum atomic E-state index is -0.0878. The van der Waals surface area contributed by atoms with Gasteiger partial charge in [-0.3, -0.25) is 0 Å². The maximum Gasteiger partial charge on any atom is 0.317 e. The maximum absolute atomic E-state index is 12.7. The number of rotatable bonds is 8. The van der Waals surface area contributed by atoms with Crippen LogP contribution < -0.4 is 5.32 Å². The molecule has 0 bridgehead atoms. The molecule has 0 aliphatic heterocycles. The van der Waals surface area contributed by atoms with Crippen molar-refractivity contribution >= 4 is 17.6 Å². The number of benzene rings is 2. The third kappa shape index (κ3) is 7.30. The van der Waals surface area contributed by atoms with Crippen molar-refractivity contribution in [1.82, 2.24) is 15.1 Å². The van der Waals surface area contributed by atoms with Gasteiger partial charge in [-0.25, -0.2) is 4.79 Å². The Kier molecular flexibility index (Phi) is 8.12. The van der Waals surface area contributed by atoms with E-state index in [1.165, 1.54) is 0 Å². The van der Waals surface area contributed by atoms with Crippen molar-refractivity contribution in [3.8, 4) is 6.07 Å². The van der Waals surface area contributed by atoms with Crippen molar-refractivity contribution in [1.29, 1.82) is 5.26 Å². The Morgan fingerprint density at radius 2 is 1.67 bits per heavy atom. The first-order valence-corrected chi connectivity index (χ1v) is 9.26. The van der Waals surface area contributed by atoms with Crippen LogP contribution in [0.3, 0.4) is 0 Å². The summed E-state index contributed by atoms with van der Waals surface area (Å²) < 4.78 is 0. The lowest BCUT2D eigenvalue weighted by molar-refractivity contribution is 0.189. The molecule has 0 aromatic heterocycles. The first kappa shape index (κ1) is 20.8. The molecule has 27 heavy (non-hydrogen) atoms. The normalized spacial score (nSPS) is 10.5. The van der Waals surface area contributed by atoms with Gasteiger partial charge >= 0.3 is 6.03 Å². The lowest BCUT2D eigenvalue weighted by Gasteiger charge is -2.25. The summed E-state index contributed by atoms with van der Waals surface area (Å²) in [7, 11) is 3.97. The number of amides is 2. The summed E-state index contributed by atoms with van der Waals surface area (Å²) in [6.45, 7) is 2.47. The largest absolute Gasteiger partial charge is 0.338 e. The molecule has 6 heteroatoms. The Bertz CT molecular complexity index is 766. The maximum atomic E-state index is 12.7. The van der Waals surface area contributed by atoms with Crippen molar-refractivity contribution in [3.05, 3.63) is 70.2 Å². The predicted octanol–water partition coefficient (Wildman–Crippen LogP) is 3.53. The number of halogens is 1. The van der Waals surface area contributed by atoms with Gasteiger partial charge in [0, 0.05) is 31.2 Å². The number of hydrogen-bond acceptors (Lipinski definition) is 3. The smallest absolute Gasteiger partial charge is 0.317 e. The van der Waals surface area contributed by atoms with Crippen LogP contribution in [0.1, 0.15) is 16.7 Å². The third-order valence-corrected chi connectivity index (χ3v) is 4.42. The molecular weight excluding hydrogens is 360 g/mol. The van der Waals surface area contributed by atoms with E-state index >= 15 is 0 Å². The highest BCUT2D eigenvalue weighted by Crippen LogP contribution is 2.10. The van der Waals surface area contributed by atoms with Gasteiger partial charge in [0.15, 0.2) is 0 Å². The second kappa shape index (κ2) is 10.6. The highest BCUT2D eigenvalue weighted by atomic mass is 35.5. The minimum Gasteiger partial charge on any atom is -0.338 e. The number of carbonyl (C=O) groups excluding carboxylic acids is 1. The third-order valence-electron chi connectivity index (χ3n) is 4.16. The molecule has 0 saturated heterocycles. The van der Waals surface area contributed by atoms with Crippen molar-refractivity contribution in [3.63, 3.8) is 0 Å². The molecule has 1 N–H and O–H groups in total. The van der Waals surface area contributed by atoms with Gasteiger partial charge in [0.25, 0.3) is 0 Å². The van der Waals surface area contributed by atoms with Crippen molar-refractivity contribution in [2.75, 3.05) is 33.7 Å². The van der Waals surface area contributed by atoms with Crippen molar-refractivity contribution in [2.45, 2.75) is 13.0 Å². The molecule has 0 heterocycles. The molecular formula is C21H25ClN4O. The van der Waals surface area contributed by atoms with Crippen molar-refractivity contribution < 1.29 is 4.79 Å². The van der Waals surface area contributed by atoms with Crippen LogP contribution in [0.5, 0.6) is 0 Å². The van der Waals surface area contributed by atoms with Crippen LogP contribution in [0.4, 0.5) is 4.79 Å². The second-order valence-electron chi connectivity index (χ2n) is 6.64. The van der Waals surface area contributed by atoms with Gasteiger partial charge in [-0.05, 0) is 55.9 Å². The minimum absolute atomic E-state index is 0.0878. The number of urea groups is 1. The zero-order valence-electron chi connectivity index (χ0n) is 15.8. The molecule has 2 rings (SSSR count). The van der Waals surface area contributed by atoms with Gasteiger partial charge in [-0.15, -0.1) is 0 Å². The number of nitrogens with zero attached hydrogens (tertiary/aromatic N) is 3. The second-order valence-corrected chi connectivity index (χ2v) is 7.08. The number of nitriles is 1. The molecule has 2 amide bonds. The Morgan fingerprint density at radius 1 is 1.04 bits per heavy atom. The zero-order valence-corrected chi connectivity index (χ0v) is 16.5. The molecule has 2 aromatic rings. The molecule has 142 valence electrons. The van der Waals surface area contributed by atoms with Gasteiger partial charge in [0.05, 0.1) is 11.6 Å². The zero-order chi connectivity index (χ0) is 19.6. The molecule has 0 unspecified atom stereocenters. The first-order valence-electron chi connectivity index (χ1n) is 8.89. The highest BCUT2D eigenvalue weighted by Gasteiger charge is 2.14. The summed E-state index contributed by atoms with van der Waals surface area (Å²) >= 11 is 5.90. The van der Waals surface area contributed by atoms with E-state index in [1.54, 1.807) is 17.0 Å². The van der Waals surface area contributed by atoms with Gasteiger partial charge in [0.1, 0.15) is 0 Å².